The average molecular weight is 252 g/mol. The largest absolute Gasteiger partial charge is 0.394 e. The second kappa shape index (κ2) is 6.85. The fourth-order valence-electron chi connectivity index (χ4n) is 2.12. The highest BCUT2D eigenvalue weighted by Gasteiger charge is 2.29. The summed E-state index contributed by atoms with van der Waals surface area (Å²) in [5.74, 6) is 0. The maximum atomic E-state index is 9.17. The lowest BCUT2D eigenvalue weighted by molar-refractivity contribution is -0.219. The van der Waals surface area contributed by atoms with Gasteiger partial charge >= 0.3 is 0 Å². The molecule has 2 rings (SSSR count). The summed E-state index contributed by atoms with van der Waals surface area (Å²) in [7, 11) is 1.61. The minimum Gasteiger partial charge on any atom is -0.394 e. The molecule has 4 heteroatoms. The Balaban J connectivity index is 1.84. The summed E-state index contributed by atoms with van der Waals surface area (Å²) < 4.78 is 16.6. The number of benzene rings is 1. The van der Waals surface area contributed by atoms with Crippen LogP contribution in [0.2, 0.25) is 0 Å². The van der Waals surface area contributed by atoms with Gasteiger partial charge in [-0.05, 0) is 5.56 Å². The highest BCUT2D eigenvalue weighted by molar-refractivity contribution is 5.13. The normalized spacial score (nSPS) is 28.2. The van der Waals surface area contributed by atoms with E-state index in [-0.39, 0.29) is 25.1 Å². The Kier molecular flexibility index (Phi) is 5.13. The summed E-state index contributed by atoms with van der Waals surface area (Å²) in [5, 5.41) is 9.17. The van der Waals surface area contributed by atoms with E-state index in [2.05, 4.69) is 0 Å². The quantitative estimate of drug-likeness (QED) is 0.866. The van der Waals surface area contributed by atoms with Gasteiger partial charge in [-0.2, -0.15) is 0 Å². The first kappa shape index (κ1) is 13.5. The van der Waals surface area contributed by atoms with Crippen LogP contribution in [0.4, 0.5) is 0 Å². The van der Waals surface area contributed by atoms with Crippen molar-refractivity contribution >= 4 is 0 Å². The van der Waals surface area contributed by atoms with Crippen LogP contribution in [0.1, 0.15) is 18.4 Å². The summed E-state index contributed by atoms with van der Waals surface area (Å²) in [5.41, 5.74) is 1.15. The van der Waals surface area contributed by atoms with Crippen LogP contribution in [0, 0.1) is 0 Å². The molecule has 0 bridgehead atoms. The molecule has 1 aliphatic heterocycles. The topological polar surface area (TPSA) is 47.9 Å². The van der Waals surface area contributed by atoms with Crippen LogP contribution < -0.4 is 0 Å². The Morgan fingerprint density at radius 1 is 1.28 bits per heavy atom. The highest BCUT2D eigenvalue weighted by Crippen LogP contribution is 2.23. The zero-order chi connectivity index (χ0) is 12.8. The van der Waals surface area contributed by atoms with Crippen LogP contribution in [0.5, 0.6) is 0 Å². The molecule has 0 aliphatic carbocycles. The molecule has 1 aromatic rings. The second-order valence-electron chi connectivity index (χ2n) is 4.50. The Hall–Kier alpha value is -0.940. The predicted octanol–water partition coefficient (Wildman–Crippen LogP) is 1.72. The van der Waals surface area contributed by atoms with Crippen LogP contribution in [0.3, 0.4) is 0 Å². The van der Waals surface area contributed by atoms with Crippen molar-refractivity contribution in [1.82, 2.24) is 0 Å². The first-order valence-electron chi connectivity index (χ1n) is 6.26. The maximum Gasteiger partial charge on any atom is 0.160 e. The summed E-state index contributed by atoms with van der Waals surface area (Å²) in [6.07, 6.45) is 1.02. The third-order valence-corrected chi connectivity index (χ3v) is 3.12. The van der Waals surface area contributed by atoms with Crippen LogP contribution >= 0.6 is 0 Å². The van der Waals surface area contributed by atoms with Crippen LogP contribution in [-0.2, 0) is 20.8 Å². The second-order valence-corrected chi connectivity index (χ2v) is 4.50. The number of aliphatic hydroxyl groups is 1. The van der Waals surface area contributed by atoms with Gasteiger partial charge in [-0.3, -0.25) is 0 Å². The van der Waals surface area contributed by atoms with Gasteiger partial charge in [0.25, 0.3) is 0 Å². The molecular formula is C14H20O4. The maximum absolute atomic E-state index is 9.17. The Labute approximate surface area is 107 Å². The molecule has 0 unspecified atom stereocenters. The van der Waals surface area contributed by atoms with Crippen molar-refractivity contribution in [2.24, 2.45) is 0 Å². The zero-order valence-electron chi connectivity index (χ0n) is 10.6. The van der Waals surface area contributed by atoms with Gasteiger partial charge in [0.05, 0.1) is 25.4 Å². The highest BCUT2D eigenvalue weighted by atomic mass is 16.7. The molecule has 0 spiro atoms. The van der Waals surface area contributed by atoms with Gasteiger partial charge in [-0.25, -0.2) is 0 Å². The summed E-state index contributed by atoms with van der Waals surface area (Å²) in [6, 6.07) is 10.1. The molecule has 1 aromatic carbocycles. The Bertz CT molecular complexity index is 329. The van der Waals surface area contributed by atoms with E-state index in [9.17, 15) is 5.11 Å². The molecule has 3 atom stereocenters. The summed E-state index contributed by atoms with van der Waals surface area (Å²) in [4.78, 5) is 0. The van der Waals surface area contributed by atoms with E-state index >= 15 is 0 Å². The van der Waals surface area contributed by atoms with Crippen molar-refractivity contribution in [2.75, 3.05) is 13.7 Å². The van der Waals surface area contributed by atoms with Crippen LogP contribution in [-0.4, -0.2) is 37.3 Å². The van der Waals surface area contributed by atoms with Crippen molar-refractivity contribution in [3.8, 4) is 0 Å². The minimum absolute atomic E-state index is 0.00502. The molecular weight excluding hydrogens is 232 g/mol. The monoisotopic (exact) mass is 252 g/mol. The lowest BCUT2D eigenvalue weighted by Crippen LogP contribution is -2.39. The Morgan fingerprint density at radius 3 is 2.72 bits per heavy atom. The van der Waals surface area contributed by atoms with Crippen molar-refractivity contribution < 1.29 is 19.3 Å². The van der Waals surface area contributed by atoms with Gasteiger partial charge in [0, 0.05) is 20.0 Å². The standard InChI is InChI=1S/C14H20O4/c1-16-14-8-12(7-13(9-15)18-14)17-10-11-5-3-2-4-6-11/h2-6,12-15H,7-10H2,1H3/t12-,13-,14-/m1/s1. The lowest BCUT2D eigenvalue weighted by Gasteiger charge is -2.33. The number of ether oxygens (including phenoxy) is 3. The fraction of sp³-hybridized carbons (Fsp3) is 0.571. The SMILES string of the molecule is CO[C@H]1C[C@H](OCc2ccccc2)C[C@H](CO)O1. The van der Waals surface area contributed by atoms with E-state index in [1.54, 1.807) is 7.11 Å². The first-order valence-corrected chi connectivity index (χ1v) is 6.26. The number of hydrogen-bond donors (Lipinski definition) is 1. The van der Waals surface area contributed by atoms with Gasteiger partial charge < -0.3 is 19.3 Å². The molecule has 1 N–H and O–H groups in total. The molecule has 1 saturated heterocycles. The van der Waals surface area contributed by atoms with Crippen molar-refractivity contribution in [2.45, 2.75) is 37.9 Å². The molecule has 0 radical (unpaired) electrons. The van der Waals surface area contributed by atoms with Crippen molar-refractivity contribution in [3.63, 3.8) is 0 Å². The zero-order valence-corrected chi connectivity index (χ0v) is 10.6. The van der Waals surface area contributed by atoms with E-state index in [0.717, 1.165) is 5.56 Å². The van der Waals surface area contributed by atoms with Gasteiger partial charge in [-0.1, -0.05) is 30.3 Å². The molecule has 0 saturated carbocycles. The molecule has 1 heterocycles. The molecule has 1 fully saturated rings. The molecule has 4 nitrogen and oxygen atoms in total. The van der Waals surface area contributed by atoms with Crippen LogP contribution in [0.25, 0.3) is 0 Å². The van der Waals surface area contributed by atoms with Crippen LogP contribution in [0.15, 0.2) is 30.3 Å². The van der Waals surface area contributed by atoms with Gasteiger partial charge in [0.1, 0.15) is 0 Å². The van der Waals surface area contributed by atoms with E-state index in [1.165, 1.54) is 0 Å². The minimum atomic E-state index is -0.281. The lowest BCUT2D eigenvalue weighted by atomic mass is 10.1. The fourth-order valence-corrected chi connectivity index (χ4v) is 2.12. The molecule has 0 amide bonds. The molecule has 1 aliphatic rings. The number of aliphatic hydroxyl groups excluding tert-OH is 1. The third kappa shape index (κ3) is 3.78. The number of hydrogen-bond acceptors (Lipinski definition) is 4. The molecule has 0 aromatic heterocycles. The Morgan fingerprint density at radius 2 is 2.06 bits per heavy atom. The van der Waals surface area contributed by atoms with Gasteiger partial charge in [0.2, 0.25) is 0 Å². The van der Waals surface area contributed by atoms with Gasteiger partial charge in [0.15, 0.2) is 6.29 Å². The first-order chi connectivity index (χ1) is 8.81. The molecule has 100 valence electrons. The van der Waals surface area contributed by atoms with E-state index in [1.807, 2.05) is 30.3 Å². The average Bonchev–Trinajstić information content (AvgIpc) is 2.45. The molecule has 18 heavy (non-hydrogen) atoms. The number of methoxy groups -OCH3 is 1. The van der Waals surface area contributed by atoms with Crippen molar-refractivity contribution in [3.05, 3.63) is 35.9 Å². The van der Waals surface area contributed by atoms with Crippen molar-refractivity contribution in [1.29, 1.82) is 0 Å². The van der Waals surface area contributed by atoms with E-state index < -0.39 is 0 Å². The predicted molar refractivity (Wildman–Crippen MR) is 67.0 cm³/mol. The van der Waals surface area contributed by atoms with Gasteiger partial charge in [-0.15, -0.1) is 0 Å². The van der Waals surface area contributed by atoms with E-state index in [0.29, 0.717) is 19.4 Å². The third-order valence-electron chi connectivity index (χ3n) is 3.12. The smallest absolute Gasteiger partial charge is 0.160 e. The summed E-state index contributed by atoms with van der Waals surface area (Å²) in [6.45, 7) is 0.588. The summed E-state index contributed by atoms with van der Waals surface area (Å²) >= 11 is 0. The number of rotatable bonds is 5. The van der Waals surface area contributed by atoms with E-state index in [4.69, 9.17) is 14.2 Å².